The van der Waals surface area contributed by atoms with Crippen LogP contribution in [0.1, 0.15) is 10.4 Å². The second-order valence-corrected chi connectivity index (χ2v) is 4.77. The van der Waals surface area contributed by atoms with Crippen molar-refractivity contribution in [2.75, 3.05) is 51.9 Å². The number of nitrogens with zero attached hydrogens (tertiary/aromatic N) is 1. The molecular formula is C15H20N2O5. The van der Waals surface area contributed by atoms with Gasteiger partial charge in [0.15, 0.2) is 6.61 Å². The lowest BCUT2D eigenvalue weighted by atomic mass is 10.1. The molecule has 0 radical (unpaired) electrons. The summed E-state index contributed by atoms with van der Waals surface area (Å²) in [5.41, 5.74) is 1.22. The van der Waals surface area contributed by atoms with Gasteiger partial charge in [0.2, 0.25) is 0 Å². The molecule has 1 heterocycles. The van der Waals surface area contributed by atoms with Crippen molar-refractivity contribution >= 4 is 17.6 Å². The zero-order valence-electron chi connectivity index (χ0n) is 12.8. The molecule has 1 aromatic rings. The zero-order chi connectivity index (χ0) is 15.9. The third kappa shape index (κ3) is 3.88. The lowest BCUT2D eigenvalue weighted by Gasteiger charge is -2.29. The van der Waals surface area contributed by atoms with E-state index in [-0.39, 0.29) is 12.2 Å². The SMILES string of the molecule is COC(=O)COc1cc(N2CCNCC2)ccc1C(=O)OC. The fourth-order valence-electron chi connectivity index (χ4n) is 2.22. The first kappa shape index (κ1) is 16.1. The van der Waals surface area contributed by atoms with E-state index in [4.69, 9.17) is 9.47 Å². The van der Waals surface area contributed by atoms with Crippen LogP contribution < -0.4 is 15.0 Å². The van der Waals surface area contributed by atoms with Gasteiger partial charge in [0.1, 0.15) is 11.3 Å². The Labute approximate surface area is 129 Å². The Morgan fingerprint density at radius 3 is 2.55 bits per heavy atom. The zero-order valence-corrected chi connectivity index (χ0v) is 12.8. The van der Waals surface area contributed by atoms with Gasteiger partial charge in [-0.1, -0.05) is 0 Å². The minimum Gasteiger partial charge on any atom is -0.481 e. The van der Waals surface area contributed by atoms with Crippen LogP contribution in [0.3, 0.4) is 0 Å². The molecule has 0 bridgehead atoms. The average Bonchev–Trinajstić information content (AvgIpc) is 2.59. The quantitative estimate of drug-likeness (QED) is 0.791. The predicted octanol–water partition coefficient (Wildman–Crippen LogP) is 0.435. The minimum absolute atomic E-state index is 0.258. The fraction of sp³-hybridized carbons (Fsp3) is 0.467. The Balaban J connectivity index is 2.23. The Hall–Kier alpha value is -2.28. The van der Waals surface area contributed by atoms with Crippen LogP contribution in [-0.2, 0) is 14.3 Å². The summed E-state index contributed by atoms with van der Waals surface area (Å²) in [4.78, 5) is 25.2. The van der Waals surface area contributed by atoms with Crippen molar-refractivity contribution in [2.45, 2.75) is 0 Å². The molecule has 1 saturated heterocycles. The Kier molecular flexibility index (Phi) is 5.60. The van der Waals surface area contributed by atoms with Gasteiger partial charge in [-0.2, -0.15) is 0 Å². The normalized spacial score (nSPS) is 14.4. The van der Waals surface area contributed by atoms with Crippen molar-refractivity contribution < 1.29 is 23.8 Å². The summed E-state index contributed by atoms with van der Waals surface area (Å²) in [7, 11) is 2.58. The molecule has 7 nitrogen and oxygen atoms in total. The first-order chi connectivity index (χ1) is 10.7. The van der Waals surface area contributed by atoms with E-state index < -0.39 is 11.9 Å². The molecule has 7 heteroatoms. The highest BCUT2D eigenvalue weighted by Crippen LogP contribution is 2.27. The van der Waals surface area contributed by atoms with Gasteiger partial charge in [0.25, 0.3) is 0 Å². The lowest BCUT2D eigenvalue weighted by molar-refractivity contribution is -0.142. The molecule has 1 N–H and O–H groups in total. The van der Waals surface area contributed by atoms with Crippen LogP contribution in [0.5, 0.6) is 5.75 Å². The van der Waals surface area contributed by atoms with E-state index in [0.717, 1.165) is 31.9 Å². The number of carbonyl (C=O) groups excluding carboxylic acids is 2. The van der Waals surface area contributed by atoms with Crippen molar-refractivity contribution in [2.24, 2.45) is 0 Å². The highest BCUT2D eigenvalue weighted by atomic mass is 16.6. The number of nitrogens with one attached hydrogen (secondary N) is 1. The maximum Gasteiger partial charge on any atom is 0.343 e. The number of methoxy groups -OCH3 is 2. The van der Waals surface area contributed by atoms with E-state index in [9.17, 15) is 9.59 Å². The van der Waals surface area contributed by atoms with E-state index in [1.165, 1.54) is 14.2 Å². The highest BCUT2D eigenvalue weighted by Gasteiger charge is 2.18. The summed E-state index contributed by atoms with van der Waals surface area (Å²) in [6.07, 6.45) is 0. The van der Waals surface area contributed by atoms with E-state index in [1.54, 1.807) is 12.1 Å². The summed E-state index contributed by atoms with van der Waals surface area (Å²) >= 11 is 0. The molecule has 2 rings (SSSR count). The Morgan fingerprint density at radius 1 is 1.18 bits per heavy atom. The first-order valence-electron chi connectivity index (χ1n) is 7.03. The van der Waals surface area contributed by atoms with Gasteiger partial charge in [-0.3, -0.25) is 0 Å². The van der Waals surface area contributed by atoms with Crippen molar-refractivity contribution in [1.82, 2.24) is 5.32 Å². The minimum atomic E-state index is -0.511. The van der Waals surface area contributed by atoms with Gasteiger partial charge in [-0.25, -0.2) is 9.59 Å². The molecule has 1 aliphatic rings. The molecule has 0 unspecified atom stereocenters. The van der Waals surface area contributed by atoms with Crippen LogP contribution >= 0.6 is 0 Å². The van der Waals surface area contributed by atoms with Gasteiger partial charge in [0, 0.05) is 37.9 Å². The number of anilines is 1. The number of esters is 2. The van der Waals surface area contributed by atoms with Crippen molar-refractivity contribution in [1.29, 1.82) is 0 Å². The lowest BCUT2D eigenvalue weighted by Crippen LogP contribution is -2.43. The molecule has 0 aromatic heterocycles. The number of piperazine rings is 1. The van der Waals surface area contributed by atoms with E-state index in [2.05, 4.69) is 15.0 Å². The molecule has 120 valence electrons. The topological polar surface area (TPSA) is 77.1 Å². The first-order valence-corrected chi connectivity index (χ1v) is 7.03. The third-order valence-corrected chi connectivity index (χ3v) is 3.43. The van der Waals surface area contributed by atoms with Crippen LogP contribution in [0.25, 0.3) is 0 Å². The van der Waals surface area contributed by atoms with Gasteiger partial charge in [-0.05, 0) is 12.1 Å². The molecule has 0 spiro atoms. The van der Waals surface area contributed by atoms with Crippen LogP contribution in [-0.4, -0.2) is 58.9 Å². The van der Waals surface area contributed by atoms with Crippen LogP contribution in [0, 0.1) is 0 Å². The average molecular weight is 308 g/mol. The molecule has 0 aliphatic carbocycles. The van der Waals surface area contributed by atoms with Gasteiger partial charge >= 0.3 is 11.9 Å². The Morgan fingerprint density at radius 2 is 1.91 bits per heavy atom. The van der Waals surface area contributed by atoms with Crippen LogP contribution in [0.15, 0.2) is 18.2 Å². The summed E-state index contributed by atoms with van der Waals surface area (Å²) in [6, 6.07) is 5.25. The monoisotopic (exact) mass is 308 g/mol. The number of benzene rings is 1. The summed E-state index contributed by atoms with van der Waals surface area (Å²) in [5.74, 6) is -0.705. The number of hydrogen-bond acceptors (Lipinski definition) is 7. The van der Waals surface area contributed by atoms with Crippen molar-refractivity contribution in [3.05, 3.63) is 23.8 Å². The molecule has 1 aliphatic heterocycles. The van der Waals surface area contributed by atoms with Gasteiger partial charge < -0.3 is 24.4 Å². The number of carbonyl (C=O) groups is 2. The van der Waals surface area contributed by atoms with Crippen LogP contribution in [0.2, 0.25) is 0 Å². The van der Waals surface area contributed by atoms with Crippen molar-refractivity contribution in [3.8, 4) is 5.75 Å². The smallest absolute Gasteiger partial charge is 0.343 e. The van der Waals surface area contributed by atoms with Gasteiger partial charge in [-0.15, -0.1) is 0 Å². The number of hydrogen-bond donors (Lipinski definition) is 1. The van der Waals surface area contributed by atoms with Crippen molar-refractivity contribution in [3.63, 3.8) is 0 Å². The second-order valence-electron chi connectivity index (χ2n) is 4.77. The maximum absolute atomic E-state index is 11.8. The summed E-state index contributed by atoms with van der Waals surface area (Å²) < 4.78 is 14.7. The Bertz CT molecular complexity index is 541. The molecule has 0 atom stereocenters. The molecular weight excluding hydrogens is 288 g/mol. The highest BCUT2D eigenvalue weighted by molar-refractivity contribution is 5.93. The largest absolute Gasteiger partial charge is 0.481 e. The molecule has 22 heavy (non-hydrogen) atoms. The molecule has 1 aromatic carbocycles. The number of ether oxygens (including phenoxy) is 3. The van der Waals surface area contributed by atoms with E-state index in [1.807, 2.05) is 6.07 Å². The summed E-state index contributed by atoms with van der Waals surface area (Å²) in [6.45, 7) is 3.28. The molecule has 0 saturated carbocycles. The summed E-state index contributed by atoms with van der Waals surface area (Å²) in [5, 5.41) is 3.28. The molecule has 1 fully saturated rings. The number of rotatable bonds is 5. The predicted molar refractivity (Wildman–Crippen MR) is 80.4 cm³/mol. The third-order valence-electron chi connectivity index (χ3n) is 3.43. The maximum atomic E-state index is 11.8. The van der Waals surface area contributed by atoms with Gasteiger partial charge in [0.05, 0.1) is 14.2 Å². The van der Waals surface area contributed by atoms with E-state index in [0.29, 0.717) is 5.75 Å². The van der Waals surface area contributed by atoms with E-state index >= 15 is 0 Å². The second kappa shape index (κ2) is 7.65. The fourth-order valence-corrected chi connectivity index (χ4v) is 2.22. The van der Waals surface area contributed by atoms with Crippen LogP contribution in [0.4, 0.5) is 5.69 Å². The standard InChI is InChI=1S/C15H20N2O5/c1-20-14(18)10-22-13-9-11(17-7-5-16-6-8-17)3-4-12(13)15(19)21-2/h3-4,9,16H,5-8,10H2,1-2H3. The molecule has 0 amide bonds.